The quantitative estimate of drug-likeness (QED) is 0.109. The molecule has 0 aromatic rings. The van der Waals surface area contributed by atoms with Gasteiger partial charge >= 0.3 is 5.97 Å². The van der Waals surface area contributed by atoms with Gasteiger partial charge in [0.15, 0.2) is 6.29 Å². The molecule has 8 atom stereocenters. The molecule has 0 unspecified atom stereocenters. The second-order valence-corrected chi connectivity index (χ2v) is 7.18. The van der Waals surface area contributed by atoms with Crippen LogP contribution in [0.1, 0.15) is 19.3 Å². The Hall–Kier alpha value is -2.26. The number of terminal acetylenes is 1. The van der Waals surface area contributed by atoms with Gasteiger partial charge in [0.25, 0.3) is 0 Å². The maximum atomic E-state index is 12.5. The summed E-state index contributed by atoms with van der Waals surface area (Å²) in [6.07, 6.45) is 0.673. The molecular formula is C21H28O10. The first kappa shape index (κ1) is 25.0. The standard InChI is InChI=1S/C21H28O10/c1-3-5-6-9-28-19(27)14-11-29-20(12(4-2)13(14)7-8-22)31-21-18(26)17(25)16(24)15(10-23)30-21/h1,4,8,11-13,15-18,20-21,23-26H,2,5-7,9-10H2/t12-,13+,15-,16-,17+,18-,20+,21+/m1/s1. The van der Waals surface area contributed by atoms with E-state index in [0.717, 1.165) is 6.26 Å². The van der Waals surface area contributed by atoms with Crippen LogP contribution < -0.4 is 0 Å². The number of carbonyl (C=O) groups is 2. The molecule has 0 aromatic carbocycles. The summed E-state index contributed by atoms with van der Waals surface area (Å²) in [6.45, 7) is 3.20. The molecule has 0 amide bonds. The van der Waals surface area contributed by atoms with Crippen molar-refractivity contribution >= 4 is 12.3 Å². The van der Waals surface area contributed by atoms with Crippen LogP contribution in [0, 0.1) is 24.2 Å². The first-order valence-electron chi connectivity index (χ1n) is 9.87. The van der Waals surface area contributed by atoms with Crippen LogP contribution in [0.2, 0.25) is 0 Å². The Labute approximate surface area is 180 Å². The van der Waals surface area contributed by atoms with Crippen LogP contribution in [-0.2, 0) is 28.5 Å². The fraction of sp³-hybridized carbons (Fsp3) is 0.619. The van der Waals surface area contributed by atoms with Crippen molar-refractivity contribution in [2.75, 3.05) is 13.2 Å². The maximum Gasteiger partial charge on any atom is 0.337 e. The lowest BCUT2D eigenvalue weighted by atomic mass is 9.82. The fourth-order valence-electron chi connectivity index (χ4n) is 3.44. The SMILES string of the molecule is C#CCCCOC(=O)C1=CO[C@@H](O[C@@H]2O[C@H](CO)[C@@H](O)[C@H](O)[C@H]2O)[C@H](C=C)[C@@H]1CC=O. The Morgan fingerprint density at radius 3 is 2.61 bits per heavy atom. The zero-order chi connectivity index (χ0) is 23.0. The Kier molecular flexibility index (Phi) is 9.64. The minimum atomic E-state index is -1.64. The van der Waals surface area contributed by atoms with Crippen molar-refractivity contribution in [3.05, 3.63) is 24.5 Å². The molecule has 172 valence electrons. The highest BCUT2D eigenvalue weighted by Crippen LogP contribution is 2.36. The molecule has 2 aliphatic heterocycles. The van der Waals surface area contributed by atoms with Crippen LogP contribution in [0.3, 0.4) is 0 Å². The third-order valence-electron chi connectivity index (χ3n) is 5.18. The van der Waals surface area contributed by atoms with Crippen molar-refractivity contribution in [2.24, 2.45) is 11.8 Å². The molecule has 0 saturated carbocycles. The van der Waals surface area contributed by atoms with Gasteiger partial charge in [-0.2, -0.15) is 0 Å². The molecule has 1 fully saturated rings. The van der Waals surface area contributed by atoms with Gasteiger partial charge in [-0.25, -0.2) is 4.79 Å². The first-order valence-corrected chi connectivity index (χ1v) is 9.87. The van der Waals surface area contributed by atoms with Crippen LogP contribution in [0.5, 0.6) is 0 Å². The molecule has 10 heteroatoms. The summed E-state index contributed by atoms with van der Waals surface area (Å²) in [5, 5.41) is 39.3. The molecule has 0 spiro atoms. The summed E-state index contributed by atoms with van der Waals surface area (Å²) >= 11 is 0. The van der Waals surface area contributed by atoms with Gasteiger partial charge in [-0.3, -0.25) is 0 Å². The molecule has 0 aliphatic carbocycles. The predicted octanol–water partition coefficient (Wildman–Crippen LogP) is -0.993. The van der Waals surface area contributed by atoms with Crippen molar-refractivity contribution in [2.45, 2.75) is 56.3 Å². The highest BCUT2D eigenvalue weighted by Gasteiger charge is 2.47. The van der Waals surface area contributed by atoms with E-state index >= 15 is 0 Å². The number of aliphatic hydroxyl groups excluding tert-OH is 4. The Balaban J connectivity index is 2.15. The number of hydrogen-bond acceptors (Lipinski definition) is 10. The average molecular weight is 440 g/mol. The molecule has 2 aliphatic rings. The number of carbonyl (C=O) groups excluding carboxylic acids is 2. The molecule has 0 radical (unpaired) electrons. The van der Waals surface area contributed by atoms with Crippen molar-refractivity contribution in [3.8, 4) is 12.3 Å². The summed E-state index contributed by atoms with van der Waals surface area (Å²) in [4.78, 5) is 23.7. The number of rotatable bonds is 10. The van der Waals surface area contributed by atoms with E-state index in [1.807, 2.05) is 0 Å². The van der Waals surface area contributed by atoms with Gasteiger partial charge in [-0.05, 0) is 6.42 Å². The van der Waals surface area contributed by atoms with Gasteiger partial charge in [-0.1, -0.05) is 6.08 Å². The van der Waals surface area contributed by atoms with Crippen molar-refractivity contribution in [3.63, 3.8) is 0 Å². The maximum absolute atomic E-state index is 12.5. The molecule has 2 heterocycles. The molecule has 1 saturated heterocycles. The lowest BCUT2D eigenvalue weighted by Crippen LogP contribution is -2.60. The highest BCUT2D eigenvalue weighted by atomic mass is 16.8. The van der Waals surface area contributed by atoms with E-state index in [2.05, 4.69) is 12.5 Å². The van der Waals surface area contributed by atoms with Gasteiger partial charge in [0.05, 0.1) is 25.0 Å². The highest BCUT2D eigenvalue weighted by molar-refractivity contribution is 5.89. The number of unbranched alkanes of at least 4 members (excludes halogenated alkanes) is 1. The second-order valence-electron chi connectivity index (χ2n) is 7.18. The van der Waals surface area contributed by atoms with E-state index in [1.165, 1.54) is 6.08 Å². The van der Waals surface area contributed by atoms with Crippen LogP contribution >= 0.6 is 0 Å². The largest absolute Gasteiger partial charge is 0.471 e. The normalized spacial score (nSPS) is 35.3. The smallest absolute Gasteiger partial charge is 0.337 e. The molecule has 0 bridgehead atoms. The van der Waals surface area contributed by atoms with Gasteiger partial charge < -0.3 is 44.2 Å². The number of ether oxygens (including phenoxy) is 4. The third kappa shape index (κ3) is 5.92. The second kappa shape index (κ2) is 12.0. The topological polar surface area (TPSA) is 152 Å². The van der Waals surface area contributed by atoms with Gasteiger partial charge in [-0.15, -0.1) is 18.9 Å². The lowest BCUT2D eigenvalue weighted by Gasteiger charge is -2.42. The van der Waals surface area contributed by atoms with Gasteiger partial charge in [0, 0.05) is 24.7 Å². The van der Waals surface area contributed by atoms with E-state index in [1.54, 1.807) is 0 Å². The number of aliphatic hydroxyl groups is 4. The minimum absolute atomic E-state index is 0.0557. The average Bonchev–Trinajstić information content (AvgIpc) is 2.77. The van der Waals surface area contributed by atoms with E-state index in [9.17, 15) is 30.0 Å². The molecule has 4 N–H and O–H groups in total. The summed E-state index contributed by atoms with van der Waals surface area (Å²) in [6, 6.07) is 0. The zero-order valence-electron chi connectivity index (χ0n) is 16.9. The molecule has 10 nitrogen and oxygen atoms in total. The van der Waals surface area contributed by atoms with Gasteiger partial charge in [0.1, 0.15) is 30.7 Å². The van der Waals surface area contributed by atoms with Crippen LogP contribution in [0.25, 0.3) is 0 Å². The monoisotopic (exact) mass is 440 g/mol. The third-order valence-corrected chi connectivity index (χ3v) is 5.18. The molecular weight excluding hydrogens is 412 g/mol. The summed E-state index contributed by atoms with van der Waals surface area (Å²) in [5.74, 6) is 0.381. The molecule has 2 rings (SSSR count). The number of hydrogen-bond donors (Lipinski definition) is 4. The zero-order valence-corrected chi connectivity index (χ0v) is 16.9. The number of esters is 1. The predicted molar refractivity (Wildman–Crippen MR) is 105 cm³/mol. The van der Waals surface area contributed by atoms with E-state index < -0.39 is 61.4 Å². The first-order chi connectivity index (χ1) is 14.9. The van der Waals surface area contributed by atoms with Gasteiger partial charge in [0.2, 0.25) is 6.29 Å². The van der Waals surface area contributed by atoms with E-state index in [4.69, 9.17) is 25.4 Å². The Morgan fingerprint density at radius 2 is 2.00 bits per heavy atom. The van der Waals surface area contributed by atoms with Crippen molar-refractivity contribution < 1.29 is 49.0 Å². The summed E-state index contributed by atoms with van der Waals surface area (Å²) in [7, 11) is 0. The van der Waals surface area contributed by atoms with Crippen molar-refractivity contribution in [1.29, 1.82) is 0 Å². The summed E-state index contributed by atoms with van der Waals surface area (Å²) < 4.78 is 21.6. The minimum Gasteiger partial charge on any atom is -0.471 e. The molecule has 0 aromatic heterocycles. The van der Waals surface area contributed by atoms with E-state index in [0.29, 0.717) is 19.1 Å². The van der Waals surface area contributed by atoms with Crippen molar-refractivity contribution in [1.82, 2.24) is 0 Å². The Bertz CT molecular complexity index is 697. The molecule has 31 heavy (non-hydrogen) atoms. The lowest BCUT2D eigenvalue weighted by molar-refractivity contribution is -0.339. The number of aldehydes is 1. The van der Waals surface area contributed by atoms with Crippen LogP contribution in [-0.4, -0.2) is 82.9 Å². The summed E-state index contributed by atoms with van der Waals surface area (Å²) in [5.41, 5.74) is 0.117. The van der Waals surface area contributed by atoms with Crippen LogP contribution in [0.15, 0.2) is 24.5 Å². The van der Waals surface area contributed by atoms with E-state index in [-0.39, 0.29) is 18.6 Å². The Morgan fingerprint density at radius 1 is 1.26 bits per heavy atom. The van der Waals surface area contributed by atoms with Crippen LogP contribution in [0.4, 0.5) is 0 Å². The fourth-order valence-corrected chi connectivity index (χ4v) is 3.44.